The van der Waals surface area contributed by atoms with Gasteiger partial charge in [0.1, 0.15) is 12.2 Å². The van der Waals surface area contributed by atoms with E-state index in [2.05, 4.69) is 6.92 Å². The Balaban J connectivity index is 1.99. The highest BCUT2D eigenvalue weighted by molar-refractivity contribution is 5.91. The van der Waals surface area contributed by atoms with Crippen LogP contribution in [0.1, 0.15) is 42.6 Å². The molecule has 2 rings (SSSR count). The second-order valence-electron chi connectivity index (χ2n) is 5.08. The zero-order valence-electron chi connectivity index (χ0n) is 11.1. The number of carbonyl (C=O) groups is 1. The van der Waals surface area contributed by atoms with Crippen molar-refractivity contribution >= 4 is 5.97 Å². The van der Waals surface area contributed by atoms with Crippen molar-refractivity contribution in [2.24, 2.45) is 0 Å². The first-order valence-electron chi connectivity index (χ1n) is 6.53. The normalized spacial score (nSPS) is 21.7. The predicted molar refractivity (Wildman–Crippen MR) is 69.7 cm³/mol. The van der Waals surface area contributed by atoms with Crippen molar-refractivity contribution in [3.8, 4) is 0 Å². The minimum absolute atomic E-state index is 0.238. The van der Waals surface area contributed by atoms with Crippen LogP contribution in [0.5, 0.6) is 0 Å². The number of unbranched alkanes of at least 4 members (excludes halogenated alkanes) is 1. The number of esters is 1. The molecule has 3 nitrogen and oxygen atoms in total. The van der Waals surface area contributed by atoms with E-state index >= 15 is 0 Å². The van der Waals surface area contributed by atoms with Gasteiger partial charge in [-0.2, -0.15) is 0 Å². The molecule has 0 aliphatic carbocycles. The van der Waals surface area contributed by atoms with E-state index in [4.69, 9.17) is 9.47 Å². The lowest BCUT2D eigenvalue weighted by Crippen LogP contribution is -2.19. The Morgan fingerprint density at radius 1 is 1.44 bits per heavy atom. The van der Waals surface area contributed by atoms with Gasteiger partial charge in [-0.25, -0.2) is 4.79 Å². The zero-order valence-corrected chi connectivity index (χ0v) is 11.1. The van der Waals surface area contributed by atoms with Crippen LogP contribution in [0.15, 0.2) is 24.3 Å². The highest BCUT2D eigenvalue weighted by atomic mass is 16.6. The van der Waals surface area contributed by atoms with E-state index in [1.807, 2.05) is 31.2 Å². The van der Waals surface area contributed by atoms with Crippen LogP contribution >= 0.6 is 0 Å². The van der Waals surface area contributed by atoms with E-state index in [1.54, 1.807) is 0 Å². The van der Waals surface area contributed by atoms with Crippen LogP contribution in [0.25, 0.3) is 0 Å². The smallest absolute Gasteiger partial charge is 0.338 e. The van der Waals surface area contributed by atoms with Gasteiger partial charge < -0.3 is 9.47 Å². The van der Waals surface area contributed by atoms with E-state index < -0.39 is 0 Å². The predicted octanol–water partition coefficient (Wildman–Crippen LogP) is 2.97. The van der Waals surface area contributed by atoms with Crippen molar-refractivity contribution < 1.29 is 14.3 Å². The fourth-order valence-corrected chi connectivity index (χ4v) is 1.81. The fraction of sp³-hybridized carbons (Fsp3) is 0.533. The van der Waals surface area contributed by atoms with E-state index in [0.717, 1.165) is 24.8 Å². The highest BCUT2D eigenvalue weighted by Gasteiger charge is 2.40. The molecule has 1 aliphatic heterocycles. The van der Waals surface area contributed by atoms with Gasteiger partial charge in [0.2, 0.25) is 0 Å². The summed E-state index contributed by atoms with van der Waals surface area (Å²) in [4.78, 5) is 12.0. The molecule has 1 unspecified atom stereocenters. The molecule has 1 aromatic rings. The molecule has 1 saturated heterocycles. The number of ether oxygens (including phenoxy) is 2. The van der Waals surface area contributed by atoms with Gasteiger partial charge in [0.15, 0.2) is 0 Å². The van der Waals surface area contributed by atoms with Crippen molar-refractivity contribution in [3.05, 3.63) is 35.4 Å². The van der Waals surface area contributed by atoms with E-state index in [9.17, 15) is 4.79 Å². The molecule has 0 N–H and O–H groups in total. The summed E-state index contributed by atoms with van der Waals surface area (Å²) in [6.45, 7) is 5.11. The molecular formula is C15H20O3. The van der Waals surface area contributed by atoms with Gasteiger partial charge in [0.25, 0.3) is 0 Å². The van der Waals surface area contributed by atoms with Crippen molar-refractivity contribution in [2.75, 3.05) is 13.2 Å². The van der Waals surface area contributed by atoms with Crippen LogP contribution in [-0.2, 0) is 15.9 Å². The molecule has 0 amide bonds. The van der Waals surface area contributed by atoms with Gasteiger partial charge in [0, 0.05) is 0 Å². The Morgan fingerprint density at radius 2 is 2.17 bits per heavy atom. The molecule has 0 aromatic heterocycles. The van der Waals surface area contributed by atoms with E-state index in [0.29, 0.717) is 18.8 Å². The molecule has 0 spiro atoms. The lowest BCUT2D eigenvalue weighted by atomic mass is 10.0. The summed E-state index contributed by atoms with van der Waals surface area (Å²) in [7, 11) is 0. The Labute approximate surface area is 108 Å². The van der Waals surface area contributed by atoms with Crippen LogP contribution in [0.3, 0.4) is 0 Å². The minimum Gasteiger partial charge on any atom is -0.459 e. The first-order chi connectivity index (χ1) is 8.64. The van der Waals surface area contributed by atoms with Crippen LogP contribution in [0, 0.1) is 0 Å². The first-order valence-corrected chi connectivity index (χ1v) is 6.53. The molecule has 0 radical (unpaired) electrons. The van der Waals surface area contributed by atoms with Crippen molar-refractivity contribution in [3.63, 3.8) is 0 Å². The van der Waals surface area contributed by atoms with E-state index in [1.165, 1.54) is 0 Å². The second kappa shape index (κ2) is 5.53. The maximum absolute atomic E-state index is 12.0. The largest absolute Gasteiger partial charge is 0.459 e. The molecule has 1 aromatic carbocycles. The third-order valence-electron chi connectivity index (χ3n) is 3.18. The van der Waals surface area contributed by atoms with Crippen LogP contribution in [-0.4, -0.2) is 24.8 Å². The molecule has 1 heterocycles. The molecule has 0 saturated carbocycles. The molecule has 1 fully saturated rings. The Morgan fingerprint density at radius 3 is 2.83 bits per heavy atom. The van der Waals surface area contributed by atoms with Crippen LogP contribution in [0.2, 0.25) is 0 Å². The second-order valence-corrected chi connectivity index (χ2v) is 5.08. The molecule has 1 aliphatic rings. The highest BCUT2D eigenvalue weighted by Crippen LogP contribution is 2.26. The van der Waals surface area contributed by atoms with Crippen molar-refractivity contribution in [1.82, 2.24) is 0 Å². The number of carbonyl (C=O) groups excluding carboxylic acids is 1. The number of epoxide rings is 1. The quantitative estimate of drug-likeness (QED) is 0.574. The Kier molecular flexibility index (Phi) is 4.02. The summed E-state index contributed by atoms with van der Waals surface area (Å²) in [6, 6.07) is 7.68. The maximum Gasteiger partial charge on any atom is 0.338 e. The third kappa shape index (κ3) is 3.33. The molecule has 0 bridgehead atoms. The summed E-state index contributed by atoms with van der Waals surface area (Å²) in [6.07, 6.45) is 3.13. The molecule has 1 atom stereocenters. The molecule has 98 valence electrons. The number of hydrogen-bond donors (Lipinski definition) is 0. The zero-order chi connectivity index (χ0) is 13.0. The standard InChI is InChI=1S/C15H20O3/c1-3-4-7-12-8-5-6-9-13(12)14(16)17-10-15(2)11-18-15/h5-6,8-9H,3-4,7,10-11H2,1-2H3. The molecular weight excluding hydrogens is 228 g/mol. The van der Waals surface area contributed by atoms with E-state index in [-0.39, 0.29) is 11.6 Å². The minimum atomic E-state index is -0.242. The topological polar surface area (TPSA) is 38.8 Å². The van der Waals surface area contributed by atoms with Gasteiger partial charge >= 0.3 is 5.97 Å². The maximum atomic E-state index is 12.0. The number of rotatable bonds is 6. The number of aryl methyl sites for hydroxylation is 1. The number of hydrogen-bond acceptors (Lipinski definition) is 3. The number of benzene rings is 1. The van der Waals surface area contributed by atoms with Gasteiger partial charge in [0.05, 0.1) is 12.2 Å². The van der Waals surface area contributed by atoms with Crippen LogP contribution in [0.4, 0.5) is 0 Å². The Bertz CT molecular complexity index is 422. The van der Waals surface area contributed by atoms with Gasteiger partial charge in [-0.3, -0.25) is 0 Å². The van der Waals surface area contributed by atoms with Gasteiger partial charge in [-0.15, -0.1) is 0 Å². The summed E-state index contributed by atoms with van der Waals surface area (Å²) < 4.78 is 10.5. The fourth-order valence-electron chi connectivity index (χ4n) is 1.81. The van der Waals surface area contributed by atoms with Crippen LogP contribution < -0.4 is 0 Å². The lowest BCUT2D eigenvalue weighted by Gasteiger charge is -2.10. The molecule has 3 heteroatoms. The summed E-state index contributed by atoms with van der Waals surface area (Å²) in [5, 5.41) is 0. The van der Waals surface area contributed by atoms with Gasteiger partial charge in [-0.05, 0) is 31.4 Å². The summed E-state index contributed by atoms with van der Waals surface area (Å²) >= 11 is 0. The first kappa shape index (κ1) is 13.1. The Hall–Kier alpha value is -1.35. The monoisotopic (exact) mass is 248 g/mol. The lowest BCUT2D eigenvalue weighted by molar-refractivity contribution is 0.0409. The average molecular weight is 248 g/mol. The van der Waals surface area contributed by atoms with Crippen molar-refractivity contribution in [2.45, 2.75) is 38.7 Å². The SMILES string of the molecule is CCCCc1ccccc1C(=O)OCC1(C)CO1. The molecule has 18 heavy (non-hydrogen) atoms. The van der Waals surface area contributed by atoms with Crippen molar-refractivity contribution in [1.29, 1.82) is 0 Å². The summed E-state index contributed by atoms with van der Waals surface area (Å²) in [5.41, 5.74) is 1.52. The van der Waals surface area contributed by atoms with Gasteiger partial charge in [-0.1, -0.05) is 31.5 Å². The third-order valence-corrected chi connectivity index (χ3v) is 3.18. The average Bonchev–Trinajstić information content (AvgIpc) is 3.12. The summed E-state index contributed by atoms with van der Waals surface area (Å²) in [5.74, 6) is -0.238.